The zero-order chi connectivity index (χ0) is 33.5. The third kappa shape index (κ3) is 10.5. The maximum absolute atomic E-state index is 10.4. The summed E-state index contributed by atoms with van der Waals surface area (Å²) in [5.41, 5.74) is 5.27. The maximum atomic E-state index is 10.4. The van der Waals surface area contributed by atoms with E-state index in [1.54, 1.807) is 12.1 Å². The first-order chi connectivity index (χ1) is 21.6. The van der Waals surface area contributed by atoms with E-state index in [1.807, 2.05) is 6.92 Å². The molecule has 7 heteroatoms. The van der Waals surface area contributed by atoms with Crippen molar-refractivity contribution in [1.29, 1.82) is 0 Å². The molecule has 0 aliphatic rings. The summed E-state index contributed by atoms with van der Waals surface area (Å²) in [4.78, 5) is 2.36. The van der Waals surface area contributed by atoms with Crippen LogP contribution in [0, 0.1) is 6.92 Å². The molecular weight excluding hydrogens is 613 g/mol. The number of hydrogen-bond donors (Lipinski definition) is 0. The third-order valence-corrected chi connectivity index (χ3v) is 8.53. The minimum atomic E-state index is -4.27. The van der Waals surface area contributed by atoms with Crippen molar-refractivity contribution in [3.63, 3.8) is 0 Å². The highest BCUT2D eigenvalue weighted by Crippen LogP contribution is 2.38. The van der Waals surface area contributed by atoms with E-state index in [1.165, 1.54) is 55.9 Å². The molecule has 5 aromatic rings. The number of benzene rings is 5. The Bertz CT molecular complexity index is 1820. The van der Waals surface area contributed by atoms with Gasteiger partial charge in [-0.25, -0.2) is 8.42 Å². The second-order valence-corrected chi connectivity index (χ2v) is 15.5. The lowest BCUT2D eigenvalue weighted by Gasteiger charge is -2.22. The SMILES string of the molecule is CC(C)(C)Oc1ccc(-c2cccc([SH+]c3ccccc3)c2-c2ccc(OC(C)(C)C)cc2)cc1.Cc1ccc(S(=O)(=O)[O-])cc1. The van der Waals surface area contributed by atoms with E-state index >= 15 is 0 Å². The molecule has 0 heterocycles. The minimum Gasteiger partial charge on any atom is -0.744 e. The second-order valence-electron chi connectivity index (χ2n) is 12.9. The Morgan fingerprint density at radius 1 is 0.587 bits per heavy atom. The first-order valence-corrected chi connectivity index (χ1v) is 17.4. The maximum Gasteiger partial charge on any atom is 0.166 e. The number of rotatable bonds is 7. The number of thiol groups is 1. The van der Waals surface area contributed by atoms with Crippen LogP contribution in [0.4, 0.5) is 0 Å². The Morgan fingerprint density at radius 2 is 1.09 bits per heavy atom. The predicted molar refractivity (Wildman–Crippen MR) is 189 cm³/mol. The van der Waals surface area contributed by atoms with Crippen LogP contribution in [0.3, 0.4) is 0 Å². The van der Waals surface area contributed by atoms with E-state index in [2.05, 4.69) is 139 Å². The summed E-state index contributed by atoms with van der Waals surface area (Å²) in [7, 11) is -4.27. The van der Waals surface area contributed by atoms with Gasteiger partial charge >= 0.3 is 0 Å². The van der Waals surface area contributed by atoms with Gasteiger partial charge in [0.2, 0.25) is 0 Å². The van der Waals surface area contributed by atoms with E-state index in [0.29, 0.717) is 0 Å². The van der Waals surface area contributed by atoms with Crippen LogP contribution in [-0.4, -0.2) is 24.2 Å². The molecule has 0 saturated carbocycles. The van der Waals surface area contributed by atoms with Crippen LogP contribution in [0.1, 0.15) is 47.1 Å². The molecule has 240 valence electrons. The molecule has 0 aliphatic carbocycles. The lowest BCUT2D eigenvalue weighted by atomic mass is 9.94. The van der Waals surface area contributed by atoms with Crippen molar-refractivity contribution in [1.82, 2.24) is 0 Å². The van der Waals surface area contributed by atoms with Crippen molar-refractivity contribution in [2.45, 2.75) is 74.4 Å². The van der Waals surface area contributed by atoms with Crippen molar-refractivity contribution < 1.29 is 22.4 Å². The Balaban J connectivity index is 0.000000369. The van der Waals surface area contributed by atoms with Crippen LogP contribution >= 0.6 is 0 Å². The van der Waals surface area contributed by atoms with E-state index in [-0.39, 0.29) is 16.1 Å². The Morgan fingerprint density at radius 3 is 1.57 bits per heavy atom. The fraction of sp³-hybridized carbons (Fsp3) is 0.231. The average Bonchev–Trinajstić information content (AvgIpc) is 2.97. The fourth-order valence-corrected chi connectivity index (χ4v) is 6.21. The molecule has 0 atom stereocenters. The first-order valence-electron chi connectivity index (χ1n) is 15.1. The summed E-state index contributed by atoms with van der Waals surface area (Å²) in [5.74, 6) is 1.76. The summed E-state index contributed by atoms with van der Waals surface area (Å²) in [6.45, 7) is 14.2. The Hall–Kier alpha value is -4.04. The highest BCUT2D eigenvalue weighted by molar-refractivity contribution is 7.85. The molecule has 5 aromatic carbocycles. The van der Waals surface area contributed by atoms with Gasteiger partial charge in [0.15, 0.2) is 9.79 Å². The van der Waals surface area contributed by atoms with Gasteiger partial charge in [0, 0.05) is 17.3 Å². The molecule has 5 rings (SSSR count). The Kier molecular flexibility index (Phi) is 11.0. The monoisotopic (exact) mass is 654 g/mol. The molecule has 0 amide bonds. The van der Waals surface area contributed by atoms with Crippen LogP contribution < -0.4 is 9.47 Å². The van der Waals surface area contributed by atoms with Crippen molar-refractivity contribution in [3.05, 3.63) is 127 Å². The molecule has 46 heavy (non-hydrogen) atoms. The molecule has 5 nitrogen and oxygen atoms in total. The number of ether oxygens (including phenoxy) is 2. The molecular formula is C39H42O5S2. The number of hydrogen-bond acceptors (Lipinski definition) is 5. The molecule has 0 N–H and O–H groups in total. The molecule has 0 saturated heterocycles. The molecule has 0 radical (unpaired) electrons. The van der Waals surface area contributed by atoms with Crippen LogP contribution in [0.2, 0.25) is 0 Å². The van der Waals surface area contributed by atoms with Gasteiger partial charge in [-0.05, 0) is 120 Å². The van der Waals surface area contributed by atoms with Crippen molar-refractivity contribution in [3.8, 4) is 33.8 Å². The van der Waals surface area contributed by atoms with Gasteiger partial charge in [-0.3, -0.25) is 0 Å². The topological polar surface area (TPSA) is 75.7 Å². The molecule has 0 aromatic heterocycles. The molecule has 0 bridgehead atoms. The third-order valence-electron chi connectivity index (χ3n) is 6.51. The number of aryl methyl sites for hydroxylation is 1. The van der Waals surface area contributed by atoms with Gasteiger partial charge in [-0.2, -0.15) is 0 Å². The van der Waals surface area contributed by atoms with Gasteiger partial charge < -0.3 is 14.0 Å². The smallest absolute Gasteiger partial charge is 0.166 e. The average molecular weight is 655 g/mol. The first kappa shape index (κ1) is 34.8. The van der Waals surface area contributed by atoms with E-state index < -0.39 is 10.1 Å². The summed E-state index contributed by atoms with van der Waals surface area (Å²) >= 11 is 1.18. The van der Waals surface area contributed by atoms with Crippen molar-refractivity contribution in [2.24, 2.45) is 0 Å². The summed E-state index contributed by atoms with van der Waals surface area (Å²) in [6, 6.07) is 39.9. The van der Waals surface area contributed by atoms with Crippen LogP contribution in [0.15, 0.2) is 136 Å². The fourth-order valence-electron chi connectivity index (χ4n) is 4.62. The lowest BCUT2D eigenvalue weighted by molar-refractivity contribution is 0.130. The standard InChI is InChI=1S/C32H34O2S.C7H8O3S/c1-31(2,3)33-25-19-15-23(16-20-25)28-13-10-14-29(35-27-11-8-7-9-12-27)30(28)24-17-21-26(22-18-24)34-32(4,5)6;1-6-2-4-7(5-3-6)11(8,9)10/h7-22H,1-6H3;2-5H,1H3,(H,8,9,10). The van der Waals surface area contributed by atoms with Crippen molar-refractivity contribution in [2.75, 3.05) is 0 Å². The quantitative estimate of drug-likeness (QED) is 0.0993. The van der Waals surface area contributed by atoms with E-state index in [4.69, 9.17) is 9.47 Å². The largest absolute Gasteiger partial charge is 0.744 e. The summed E-state index contributed by atoms with van der Waals surface area (Å²) < 4.78 is 43.3. The summed E-state index contributed by atoms with van der Waals surface area (Å²) in [5, 5.41) is 0. The normalized spacial score (nSPS) is 11.7. The Labute approximate surface area is 278 Å². The van der Waals surface area contributed by atoms with Gasteiger partial charge in [0.25, 0.3) is 0 Å². The molecule has 0 aliphatic heterocycles. The predicted octanol–water partition coefficient (Wildman–Crippen LogP) is 9.51. The highest BCUT2D eigenvalue weighted by atomic mass is 32.2. The lowest BCUT2D eigenvalue weighted by Crippen LogP contribution is -2.22. The van der Waals surface area contributed by atoms with Gasteiger partial charge in [-0.1, -0.05) is 72.3 Å². The van der Waals surface area contributed by atoms with Gasteiger partial charge in [0.1, 0.15) is 32.8 Å². The zero-order valence-corrected chi connectivity index (χ0v) is 29.2. The van der Waals surface area contributed by atoms with Crippen LogP contribution in [0.5, 0.6) is 11.5 Å². The second kappa shape index (κ2) is 14.6. The molecule has 0 unspecified atom stereocenters. The van der Waals surface area contributed by atoms with E-state index in [0.717, 1.165) is 17.1 Å². The zero-order valence-electron chi connectivity index (χ0n) is 27.4. The van der Waals surface area contributed by atoms with Gasteiger partial charge in [-0.15, -0.1) is 0 Å². The van der Waals surface area contributed by atoms with Crippen LogP contribution in [0.25, 0.3) is 22.3 Å². The highest BCUT2D eigenvalue weighted by Gasteiger charge is 2.20. The molecule has 0 fully saturated rings. The summed E-state index contributed by atoms with van der Waals surface area (Å²) in [6.07, 6.45) is 0. The van der Waals surface area contributed by atoms with Crippen LogP contribution in [-0.2, 0) is 21.9 Å². The van der Waals surface area contributed by atoms with Crippen molar-refractivity contribution >= 4 is 21.9 Å². The molecule has 0 spiro atoms. The van der Waals surface area contributed by atoms with E-state index in [9.17, 15) is 13.0 Å². The minimum absolute atomic E-state index is 0.178. The van der Waals surface area contributed by atoms with Gasteiger partial charge in [0.05, 0.1) is 4.90 Å².